The quantitative estimate of drug-likeness (QED) is 0.521. The summed E-state index contributed by atoms with van der Waals surface area (Å²) >= 11 is -1.71. The summed E-state index contributed by atoms with van der Waals surface area (Å²) in [6.07, 6.45) is 0. The van der Waals surface area contributed by atoms with Crippen molar-refractivity contribution in [1.82, 2.24) is 0 Å². The molecular formula is C9H7IO5. The number of hydrogen-bond acceptors (Lipinski definition) is 4. The number of benzene rings is 1. The van der Waals surface area contributed by atoms with Crippen LogP contribution >= 0.6 is 21.2 Å². The smallest absolute Gasteiger partial charge is 0.337 e. The summed E-state index contributed by atoms with van der Waals surface area (Å²) < 4.78 is 15.8. The van der Waals surface area contributed by atoms with E-state index in [2.05, 4.69) is 0 Å². The van der Waals surface area contributed by atoms with E-state index in [1.165, 1.54) is 25.1 Å². The Morgan fingerprint density at radius 2 is 2.07 bits per heavy atom. The van der Waals surface area contributed by atoms with E-state index in [1.807, 2.05) is 0 Å². The first kappa shape index (κ1) is 11.8. The lowest BCUT2D eigenvalue weighted by molar-refractivity contribution is -0.131. The molecule has 0 amide bonds. The number of carboxylic acid groups (broad SMARTS) is 1. The van der Waals surface area contributed by atoms with Gasteiger partial charge in [0.05, 0.1) is 5.56 Å². The molecule has 0 radical (unpaired) electrons. The number of halogens is 1. The number of esters is 1. The van der Waals surface area contributed by atoms with Crippen LogP contribution in [0.2, 0.25) is 0 Å². The Balaban J connectivity index is 3.27. The standard InChI is InChI=1S/C9H7IO5/c1-5(11)15-7-4-2-3-6(9(12)13)8(7)10-14/h2-4H,1H3,(H,12,13). The van der Waals surface area contributed by atoms with Gasteiger partial charge in [0.2, 0.25) is 0 Å². The Morgan fingerprint density at radius 3 is 2.53 bits per heavy atom. The fourth-order valence-corrected chi connectivity index (χ4v) is 2.14. The summed E-state index contributed by atoms with van der Waals surface area (Å²) in [5.74, 6) is -1.70. The number of rotatable bonds is 3. The van der Waals surface area contributed by atoms with Gasteiger partial charge in [-0.25, -0.2) is 4.79 Å². The van der Waals surface area contributed by atoms with Crippen LogP contribution in [0.4, 0.5) is 0 Å². The van der Waals surface area contributed by atoms with Gasteiger partial charge in [0.1, 0.15) is 9.32 Å². The molecule has 0 unspecified atom stereocenters. The van der Waals surface area contributed by atoms with Crippen molar-refractivity contribution in [1.29, 1.82) is 0 Å². The van der Waals surface area contributed by atoms with Gasteiger partial charge in [-0.2, -0.15) is 0 Å². The van der Waals surface area contributed by atoms with Crippen LogP contribution in [0.1, 0.15) is 17.3 Å². The maximum atomic E-state index is 10.9. The van der Waals surface area contributed by atoms with E-state index in [-0.39, 0.29) is 14.9 Å². The molecule has 0 saturated heterocycles. The predicted octanol–water partition coefficient (Wildman–Crippen LogP) is 1.80. The topological polar surface area (TPSA) is 80.7 Å². The molecule has 0 spiro atoms. The average Bonchev–Trinajstić information content (AvgIpc) is 2.16. The van der Waals surface area contributed by atoms with Gasteiger partial charge in [0.25, 0.3) is 0 Å². The normalized spacial score (nSPS) is 9.67. The highest BCUT2D eigenvalue weighted by atomic mass is 127. The largest absolute Gasteiger partial charge is 0.478 e. The molecule has 0 aliphatic rings. The number of aromatic carboxylic acids is 1. The van der Waals surface area contributed by atoms with Gasteiger partial charge in [0.15, 0.2) is 21.2 Å². The zero-order chi connectivity index (χ0) is 11.4. The summed E-state index contributed by atoms with van der Waals surface area (Å²) in [4.78, 5) is 21.5. The van der Waals surface area contributed by atoms with Crippen LogP contribution in [0.15, 0.2) is 18.2 Å². The van der Waals surface area contributed by atoms with Gasteiger partial charge in [-0.3, -0.25) is 7.86 Å². The summed E-state index contributed by atoms with van der Waals surface area (Å²) in [5, 5.41) is 8.79. The molecule has 0 aliphatic carbocycles. The van der Waals surface area contributed by atoms with Gasteiger partial charge in [0, 0.05) is 6.92 Å². The minimum atomic E-state index is -1.71. The lowest BCUT2D eigenvalue weighted by Crippen LogP contribution is -2.06. The van der Waals surface area contributed by atoms with Crippen molar-refractivity contribution < 1.29 is 22.5 Å². The van der Waals surface area contributed by atoms with Crippen LogP contribution in [-0.4, -0.2) is 17.0 Å². The lowest BCUT2D eigenvalue weighted by Gasteiger charge is -2.05. The summed E-state index contributed by atoms with van der Waals surface area (Å²) in [5.41, 5.74) is -0.0865. The van der Waals surface area contributed by atoms with Gasteiger partial charge in [-0.1, -0.05) is 6.07 Å². The van der Waals surface area contributed by atoms with Gasteiger partial charge in [-0.05, 0) is 12.1 Å². The molecule has 6 heteroatoms. The average molecular weight is 322 g/mol. The van der Waals surface area contributed by atoms with E-state index in [0.29, 0.717) is 0 Å². The SMILES string of the molecule is CC(=O)Oc1cccc(C(=O)O)c1I=O. The van der Waals surface area contributed by atoms with Crippen LogP contribution in [0.5, 0.6) is 5.75 Å². The fourth-order valence-electron chi connectivity index (χ4n) is 0.989. The molecule has 0 heterocycles. The second kappa shape index (κ2) is 4.96. The Hall–Kier alpha value is -1.31. The summed E-state index contributed by atoms with van der Waals surface area (Å²) in [7, 11) is 0. The number of hydrogen-bond donors (Lipinski definition) is 1. The molecule has 0 saturated carbocycles. The van der Waals surface area contributed by atoms with Gasteiger partial charge < -0.3 is 9.84 Å². The molecule has 1 aromatic carbocycles. The molecule has 5 nitrogen and oxygen atoms in total. The van der Waals surface area contributed by atoms with Crippen molar-refractivity contribution in [3.8, 4) is 5.75 Å². The van der Waals surface area contributed by atoms with Crippen molar-refractivity contribution in [2.24, 2.45) is 0 Å². The van der Waals surface area contributed by atoms with Gasteiger partial charge >= 0.3 is 11.9 Å². The molecule has 0 aromatic heterocycles. The zero-order valence-corrected chi connectivity index (χ0v) is 9.85. The van der Waals surface area contributed by atoms with Crippen LogP contribution in [0.25, 0.3) is 0 Å². The molecule has 1 N–H and O–H groups in total. The number of carboxylic acids is 1. The molecule has 1 aromatic rings. The first-order valence-electron chi connectivity index (χ1n) is 3.88. The molecule has 0 atom stereocenters. The molecule has 1 rings (SSSR count). The van der Waals surface area contributed by atoms with E-state index in [9.17, 15) is 12.7 Å². The lowest BCUT2D eigenvalue weighted by atomic mass is 10.2. The van der Waals surface area contributed by atoms with Crippen molar-refractivity contribution in [3.05, 3.63) is 27.3 Å². The van der Waals surface area contributed by atoms with Crippen molar-refractivity contribution >= 4 is 33.1 Å². The zero-order valence-electron chi connectivity index (χ0n) is 7.69. The fraction of sp³-hybridized carbons (Fsp3) is 0.111. The van der Waals surface area contributed by atoms with Crippen molar-refractivity contribution in [2.45, 2.75) is 6.92 Å². The van der Waals surface area contributed by atoms with E-state index >= 15 is 0 Å². The minimum Gasteiger partial charge on any atom is -0.478 e. The Kier molecular flexibility index (Phi) is 3.89. The number of carbonyl (C=O) groups excluding carboxylic acids is 1. The van der Waals surface area contributed by atoms with E-state index in [1.54, 1.807) is 0 Å². The Labute approximate surface area is 95.7 Å². The van der Waals surface area contributed by atoms with E-state index in [0.717, 1.165) is 0 Å². The molecule has 15 heavy (non-hydrogen) atoms. The molecular weight excluding hydrogens is 315 g/mol. The second-order valence-electron chi connectivity index (χ2n) is 2.59. The number of carbonyl (C=O) groups is 2. The Morgan fingerprint density at radius 1 is 1.40 bits per heavy atom. The van der Waals surface area contributed by atoms with Crippen LogP contribution in [0.3, 0.4) is 0 Å². The molecule has 0 fully saturated rings. The highest BCUT2D eigenvalue weighted by molar-refractivity contribution is 14.1. The highest BCUT2D eigenvalue weighted by Gasteiger charge is 2.16. The maximum absolute atomic E-state index is 10.9. The Bertz CT molecular complexity index is 427. The molecule has 80 valence electrons. The van der Waals surface area contributed by atoms with Crippen molar-refractivity contribution in [2.75, 3.05) is 0 Å². The third kappa shape index (κ3) is 2.82. The van der Waals surface area contributed by atoms with Crippen LogP contribution < -0.4 is 4.74 Å². The highest BCUT2D eigenvalue weighted by Crippen LogP contribution is 2.27. The monoisotopic (exact) mass is 322 g/mol. The van der Waals surface area contributed by atoms with E-state index in [4.69, 9.17) is 9.84 Å². The third-order valence-corrected chi connectivity index (χ3v) is 3.08. The van der Waals surface area contributed by atoms with Crippen molar-refractivity contribution in [3.63, 3.8) is 0 Å². The van der Waals surface area contributed by atoms with Crippen LogP contribution in [-0.2, 0) is 7.86 Å². The maximum Gasteiger partial charge on any atom is 0.337 e. The predicted molar refractivity (Wildman–Crippen MR) is 58.1 cm³/mol. The molecule has 0 aliphatic heterocycles. The minimum absolute atomic E-state index is 0.0604. The van der Waals surface area contributed by atoms with E-state index < -0.39 is 33.1 Å². The van der Waals surface area contributed by atoms with Crippen LogP contribution in [0, 0.1) is 3.57 Å². The second-order valence-corrected chi connectivity index (χ2v) is 4.11. The first-order chi connectivity index (χ1) is 7.06. The third-order valence-electron chi connectivity index (χ3n) is 1.52. The van der Waals surface area contributed by atoms with Gasteiger partial charge in [-0.15, -0.1) is 0 Å². The number of ether oxygens (including phenoxy) is 1. The molecule has 0 bridgehead atoms. The first-order valence-corrected chi connectivity index (χ1v) is 5.84. The summed E-state index contributed by atoms with van der Waals surface area (Å²) in [6.45, 7) is 1.19. The summed E-state index contributed by atoms with van der Waals surface area (Å²) in [6, 6.07) is 4.17.